The summed E-state index contributed by atoms with van der Waals surface area (Å²) in [6.07, 6.45) is 12.7. The van der Waals surface area contributed by atoms with Crippen molar-refractivity contribution in [2.45, 2.75) is 109 Å². The second-order valence-electron chi connectivity index (χ2n) is 17.8. The van der Waals surface area contributed by atoms with Gasteiger partial charge in [-0.2, -0.15) is 0 Å². The van der Waals surface area contributed by atoms with E-state index in [2.05, 4.69) is 13.2 Å². The number of carbonyl (C=O) groups is 8. The number of hydrogen-bond donors (Lipinski definition) is 0. The molecule has 2 saturated carbocycles. The Morgan fingerprint density at radius 3 is 1.21 bits per heavy atom. The van der Waals surface area contributed by atoms with Gasteiger partial charge in [-0.05, 0) is 169 Å². The molecule has 2 fully saturated rings. The highest BCUT2D eigenvalue weighted by Crippen LogP contribution is 2.35. The van der Waals surface area contributed by atoms with Crippen LogP contribution in [0.5, 0.6) is 34.5 Å². The summed E-state index contributed by atoms with van der Waals surface area (Å²) in [6.45, 7) is 8.29. The molecule has 392 valence electrons. The van der Waals surface area contributed by atoms with Gasteiger partial charge in [0, 0.05) is 12.2 Å². The van der Waals surface area contributed by atoms with Crippen molar-refractivity contribution in [1.29, 1.82) is 0 Å². The predicted octanol–water partition coefficient (Wildman–Crippen LogP) is 9.40. The summed E-state index contributed by atoms with van der Waals surface area (Å²) in [5, 5.41) is 0. The number of hydrogen-bond acceptors (Lipinski definition) is 17. The summed E-state index contributed by atoms with van der Waals surface area (Å²) >= 11 is 0. The largest absolute Gasteiger partial charge is 0.494 e. The van der Waals surface area contributed by atoms with E-state index in [-0.39, 0.29) is 47.9 Å². The summed E-state index contributed by atoms with van der Waals surface area (Å²) < 4.78 is 48.9. The molecule has 0 heterocycles. The van der Waals surface area contributed by atoms with E-state index in [1.807, 2.05) is 0 Å². The van der Waals surface area contributed by atoms with Crippen LogP contribution in [0.1, 0.15) is 120 Å². The van der Waals surface area contributed by atoms with Gasteiger partial charge in [-0.3, -0.25) is 28.8 Å². The first-order chi connectivity index (χ1) is 35.4. The molecule has 0 aliphatic heterocycles. The second-order valence-corrected chi connectivity index (χ2v) is 17.8. The zero-order chi connectivity index (χ0) is 52.2. The zero-order valence-corrected chi connectivity index (χ0v) is 41.3. The van der Waals surface area contributed by atoms with E-state index < -0.39 is 47.6 Å². The zero-order valence-electron chi connectivity index (χ0n) is 41.3. The van der Waals surface area contributed by atoms with Crippen LogP contribution in [0.3, 0.4) is 0 Å². The van der Waals surface area contributed by atoms with Crippen LogP contribution < -0.4 is 28.4 Å². The number of carbonyl (C=O) groups excluding carboxylic acids is 8. The van der Waals surface area contributed by atoms with Crippen molar-refractivity contribution in [1.82, 2.24) is 0 Å². The van der Waals surface area contributed by atoms with Crippen molar-refractivity contribution in [3.8, 4) is 34.5 Å². The third-order valence-electron chi connectivity index (χ3n) is 12.4. The average Bonchev–Trinajstić information content (AvgIpc) is 3.41. The first-order valence-corrected chi connectivity index (χ1v) is 25.1. The molecule has 0 radical (unpaired) electrons. The molecule has 0 aromatic heterocycles. The molecule has 0 spiro atoms. The molecule has 3 aromatic carbocycles. The van der Waals surface area contributed by atoms with Gasteiger partial charge in [0.05, 0.1) is 62.1 Å². The number of benzene rings is 3. The first-order valence-electron chi connectivity index (χ1n) is 25.1. The van der Waals surface area contributed by atoms with Crippen molar-refractivity contribution in [2.24, 2.45) is 23.7 Å². The lowest BCUT2D eigenvalue weighted by molar-refractivity contribution is -0.147. The smallest absolute Gasteiger partial charge is 0.330 e. The van der Waals surface area contributed by atoms with E-state index in [1.54, 1.807) is 48.5 Å². The van der Waals surface area contributed by atoms with Crippen LogP contribution in [0.25, 0.3) is 0 Å². The van der Waals surface area contributed by atoms with E-state index in [0.717, 1.165) is 57.1 Å². The molecule has 17 heteroatoms. The van der Waals surface area contributed by atoms with Crippen LogP contribution in [-0.2, 0) is 47.8 Å². The summed E-state index contributed by atoms with van der Waals surface area (Å²) in [5.74, 6) is -2.71. The molecule has 0 atom stereocenters. The minimum Gasteiger partial charge on any atom is -0.494 e. The monoisotopic (exact) mass is 1010 g/mol. The maximum atomic E-state index is 13.2. The van der Waals surface area contributed by atoms with Gasteiger partial charge in [0.15, 0.2) is 6.29 Å². The lowest BCUT2D eigenvalue weighted by Gasteiger charge is -2.26. The summed E-state index contributed by atoms with van der Waals surface area (Å²) in [7, 11) is 0. The fourth-order valence-electron chi connectivity index (χ4n) is 8.18. The van der Waals surface area contributed by atoms with E-state index >= 15 is 0 Å². The molecule has 0 amide bonds. The highest BCUT2D eigenvalue weighted by atomic mass is 16.6. The highest BCUT2D eigenvalue weighted by molar-refractivity contribution is 5.85. The Morgan fingerprint density at radius 2 is 0.781 bits per heavy atom. The molecular formula is C56H66O17. The van der Waals surface area contributed by atoms with E-state index in [1.165, 1.54) is 18.2 Å². The summed E-state index contributed by atoms with van der Waals surface area (Å²) in [5.41, 5.74) is 0.0348. The number of ether oxygens (including phenoxy) is 9. The molecule has 0 saturated heterocycles. The van der Waals surface area contributed by atoms with Gasteiger partial charge in [-0.1, -0.05) is 13.2 Å². The lowest BCUT2D eigenvalue weighted by Crippen LogP contribution is -2.30. The SMILES string of the molecule is C=CC(=O)OCCCCCCOc1ccc(OC(=O)[C@H]2CC[C@H](C(=O)Oc3ccc(OC(=O)[C@H]4CC[C@H](C(=O)Oc5ccc(OCCCCCCOC(=O)CCOC(=O)C=C)cc5)CC4)c(C=O)c3)CC2)cc1. The van der Waals surface area contributed by atoms with Gasteiger partial charge >= 0.3 is 41.8 Å². The molecule has 0 unspecified atom stereocenters. The Labute approximate surface area is 425 Å². The number of unbranched alkanes of at least 4 members (excludes halogenated alkanes) is 6. The van der Waals surface area contributed by atoms with Crippen molar-refractivity contribution < 1.29 is 81.0 Å². The summed E-state index contributed by atoms with van der Waals surface area (Å²) in [4.78, 5) is 98.1. The first kappa shape index (κ1) is 56.6. The van der Waals surface area contributed by atoms with Crippen LogP contribution in [0.15, 0.2) is 92.0 Å². The molecule has 2 aliphatic carbocycles. The third kappa shape index (κ3) is 20.4. The minimum absolute atomic E-state index is 0.00320. The van der Waals surface area contributed by atoms with Crippen LogP contribution in [0.4, 0.5) is 0 Å². The van der Waals surface area contributed by atoms with Crippen molar-refractivity contribution >= 4 is 48.1 Å². The topological polar surface area (TPSA) is 220 Å². The Kier molecular flexibility index (Phi) is 24.2. The van der Waals surface area contributed by atoms with Crippen LogP contribution >= 0.6 is 0 Å². The number of esters is 7. The molecule has 3 aromatic rings. The Balaban J connectivity index is 0.924. The standard InChI is InChI=1S/C56H66O17/c1-3-50(58)67-34-11-7-5-9-32-65-44-21-25-46(26-22-44)70-53(61)39-13-15-41(16-14-39)55(63)72-48-29-30-49(43(37-48)38-57)73-56(64)42-19-17-40(18-20-42)54(62)71-47-27-23-45(24-28-47)66-33-10-6-8-12-35-68-52(60)31-36-69-51(59)4-2/h3-4,21-30,37-42H,1-2,5-20,31-36H2/t39-,40-,41-,42-. The fraction of sp³-hybridized carbons (Fsp3) is 0.464. The molecule has 2 aliphatic rings. The summed E-state index contributed by atoms with van der Waals surface area (Å²) in [6, 6.07) is 17.8. The van der Waals surface area contributed by atoms with Crippen molar-refractivity contribution in [2.75, 3.05) is 33.0 Å². The molecule has 0 N–H and O–H groups in total. The molecule has 0 bridgehead atoms. The van der Waals surface area contributed by atoms with E-state index in [4.69, 9.17) is 42.6 Å². The van der Waals surface area contributed by atoms with Gasteiger partial charge in [0.1, 0.15) is 41.1 Å². The maximum absolute atomic E-state index is 13.2. The van der Waals surface area contributed by atoms with Gasteiger partial charge in [-0.15, -0.1) is 0 Å². The minimum atomic E-state index is -0.583. The Hall–Kier alpha value is -7.30. The van der Waals surface area contributed by atoms with E-state index in [0.29, 0.717) is 113 Å². The molecule has 5 rings (SSSR count). The van der Waals surface area contributed by atoms with Crippen LogP contribution in [0.2, 0.25) is 0 Å². The van der Waals surface area contributed by atoms with Gasteiger partial charge in [0.2, 0.25) is 0 Å². The molecular weight excluding hydrogens is 945 g/mol. The van der Waals surface area contributed by atoms with Crippen LogP contribution in [-0.4, -0.2) is 81.1 Å². The normalized spacial score (nSPS) is 17.1. The number of aldehydes is 1. The average molecular weight is 1010 g/mol. The van der Waals surface area contributed by atoms with Gasteiger partial charge in [0.25, 0.3) is 0 Å². The number of rotatable bonds is 30. The van der Waals surface area contributed by atoms with E-state index in [9.17, 15) is 38.4 Å². The molecule has 17 nitrogen and oxygen atoms in total. The predicted molar refractivity (Wildman–Crippen MR) is 264 cm³/mol. The highest BCUT2D eigenvalue weighted by Gasteiger charge is 2.34. The van der Waals surface area contributed by atoms with Gasteiger partial charge < -0.3 is 42.6 Å². The lowest BCUT2D eigenvalue weighted by atomic mass is 9.82. The quantitative estimate of drug-likeness (QED) is 0.0152. The second kappa shape index (κ2) is 31.2. The maximum Gasteiger partial charge on any atom is 0.330 e. The Morgan fingerprint density at radius 1 is 0.425 bits per heavy atom. The molecule has 73 heavy (non-hydrogen) atoms. The van der Waals surface area contributed by atoms with Crippen molar-refractivity contribution in [3.05, 3.63) is 97.6 Å². The van der Waals surface area contributed by atoms with Crippen molar-refractivity contribution in [3.63, 3.8) is 0 Å². The van der Waals surface area contributed by atoms with Crippen LogP contribution in [0, 0.1) is 23.7 Å². The van der Waals surface area contributed by atoms with Gasteiger partial charge in [-0.25, -0.2) is 9.59 Å². The fourth-order valence-corrected chi connectivity index (χ4v) is 8.18. The Bertz CT molecular complexity index is 2310. The third-order valence-corrected chi connectivity index (χ3v) is 12.4.